The third kappa shape index (κ3) is 32.7. The summed E-state index contributed by atoms with van der Waals surface area (Å²) in [6, 6.07) is -4.65. The van der Waals surface area contributed by atoms with Gasteiger partial charge in [-0.05, 0) is 51.9 Å². The van der Waals surface area contributed by atoms with Crippen molar-refractivity contribution >= 4 is 17.7 Å². The Morgan fingerprint density at radius 2 is 0.692 bits per heavy atom. The molecule has 35 nitrogen and oxygen atoms in total. The second kappa shape index (κ2) is 55.9. The molecule has 0 aromatic rings. The number of nitrogens with one attached hydrogen (secondary N) is 3. The van der Waals surface area contributed by atoms with Crippen molar-refractivity contribution in [3.05, 3.63) is 24.3 Å². The van der Waals surface area contributed by atoms with Crippen LogP contribution in [0.3, 0.4) is 0 Å². The number of amides is 3. The fourth-order valence-corrected chi connectivity index (χ4v) is 15.8. The number of ether oxygens (including phenoxy) is 12. The summed E-state index contributed by atoms with van der Waals surface area (Å²) in [7, 11) is 0. The monoisotopic (exact) mass is 1690 g/mol. The van der Waals surface area contributed by atoms with E-state index < -0.39 is 248 Å². The maximum absolute atomic E-state index is 13.6. The van der Waals surface area contributed by atoms with Gasteiger partial charge >= 0.3 is 0 Å². The molecule has 6 aliphatic rings. The molecule has 682 valence electrons. The van der Waals surface area contributed by atoms with E-state index in [9.17, 15) is 101 Å². The van der Waals surface area contributed by atoms with Crippen LogP contribution in [0.15, 0.2) is 24.3 Å². The maximum atomic E-state index is 13.6. The molecule has 12 unspecified atom stereocenters. The maximum Gasteiger partial charge on any atom is 0.220 e. The van der Waals surface area contributed by atoms with Crippen molar-refractivity contribution in [2.24, 2.45) is 0 Å². The van der Waals surface area contributed by atoms with E-state index in [-0.39, 0.29) is 12.3 Å². The van der Waals surface area contributed by atoms with E-state index in [0.717, 1.165) is 71.6 Å². The summed E-state index contributed by atoms with van der Waals surface area (Å²) in [5.74, 6) is -2.04. The molecule has 6 saturated heterocycles. The molecule has 117 heavy (non-hydrogen) atoms. The molecule has 0 radical (unpaired) electrons. The number of unbranched alkanes of at least 4 members (excludes halogenated alkanes) is 28. The van der Waals surface area contributed by atoms with Crippen LogP contribution >= 0.6 is 0 Å². The highest BCUT2D eigenvalue weighted by atomic mass is 16.8. The average Bonchev–Trinajstić information content (AvgIpc) is 0.769. The van der Waals surface area contributed by atoms with Crippen molar-refractivity contribution in [1.29, 1.82) is 0 Å². The zero-order valence-corrected chi connectivity index (χ0v) is 69.4. The quantitative estimate of drug-likeness (QED) is 0.0295. The molecule has 6 aliphatic heterocycles. The van der Waals surface area contributed by atoms with E-state index in [1.165, 1.54) is 135 Å². The molecule has 0 bridgehead atoms. The minimum Gasteiger partial charge on any atom is -0.394 e. The van der Waals surface area contributed by atoms with Crippen molar-refractivity contribution < 1.29 is 158 Å². The van der Waals surface area contributed by atoms with Crippen LogP contribution in [0.25, 0.3) is 0 Å². The van der Waals surface area contributed by atoms with Crippen molar-refractivity contribution in [2.75, 3.05) is 39.6 Å². The molecule has 3 amide bonds. The van der Waals surface area contributed by atoms with Crippen molar-refractivity contribution in [1.82, 2.24) is 16.0 Å². The highest BCUT2D eigenvalue weighted by molar-refractivity contribution is 5.76. The first-order valence-corrected chi connectivity index (χ1v) is 43.5. The summed E-state index contributed by atoms with van der Waals surface area (Å²) < 4.78 is 71.4. The molecular formula is C82H147N3O32. The van der Waals surface area contributed by atoms with Crippen molar-refractivity contribution in [3.63, 3.8) is 0 Å². The lowest BCUT2D eigenvalue weighted by molar-refractivity contribution is -0.386. The first-order chi connectivity index (χ1) is 56.3. The Balaban J connectivity index is 1.08. The number of hydrogen-bond acceptors (Lipinski definition) is 32. The molecule has 0 aliphatic carbocycles. The fraction of sp³-hybridized carbons (Fsp3) is 0.915. The molecule has 0 saturated carbocycles. The Bertz CT molecular complexity index is 2740. The van der Waals surface area contributed by atoms with Gasteiger partial charge in [-0.25, -0.2) is 0 Å². The lowest BCUT2D eigenvalue weighted by Gasteiger charge is -2.51. The van der Waals surface area contributed by atoms with E-state index in [1.54, 1.807) is 6.08 Å². The Labute approximate surface area is 689 Å². The Hall–Kier alpha value is -3.27. The van der Waals surface area contributed by atoms with E-state index in [4.69, 9.17) is 56.8 Å². The van der Waals surface area contributed by atoms with Crippen LogP contribution in [0, 0.1) is 0 Å². The fourth-order valence-electron chi connectivity index (χ4n) is 15.8. The molecule has 32 atom stereocenters. The second-order valence-corrected chi connectivity index (χ2v) is 32.4. The number of carbonyl (C=O) groups is 3. The largest absolute Gasteiger partial charge is 0.394 e. The zero-order valence-electron chi connectivity index (χ0n) is 69.4. The van der Waals surface area contributed by atoms with Crippen LogP contribution in [0.4, 0.5) is 0 Å². The van der Waals surface area contributed by atoms with Crippen LogP contribution in [0.1, 0.15) is 240 Å². The smallest absolute Gasteiger partial charge is 0.220 e. The van der Waals surface area contributed by atoms with Gasteiger partial charge in [-0.1, -0.05) is 192 Å². The molecule has 6 fully saturated rings. The van der Waals surface area contributed by atoms with Crippen LogP contribution in [0.5, 0.6) is 0 Å². The predicted molar refractivity (Wildman–Crippen MR) is 420 cm³/mol. The number of allylic oxidation sites excluding steroid dienone is 3. The van der Waals surface area contributed by atoms with Crippen LogP contribution in [-0.2, 0) is 71.2 Å². The summed E-state index contributed by atoms with van der Waals surface area (Å²) in [6.07, 6.45) is -9.99. The van der Waals surface area contributed by atoms with Gasteiger partial charge in [-0.15, -0.1) is 0 Å². The minimum atomic E-state index is -2.26. The first-order valence-electron chi connectivity index (χ1n) is 43.5. The standard InChI is InChI=1S/C82H147N3O32/c1-6-8-10-12-14-16-18-20-21-22-23-24-25-26-27-29-31-33-35-37-39-41-58(94)85-51(52(93)40-38-36-34-32-30-28-19-17-15-13-11-9-7-2)47-106-79-69(103)67(101)73(57(46-90)112-79)114-81-70(104)76(64(98)54(43-87)109-81)117-78-60(84-50(5)92)74(62(96)53(42-86)108-78)115-82-71(105)75(63(97)55(44-88)110-82)116-77-59(83-49(4)91)65(99)72(56(45-89)111-77)113-80-68(102)66(100)61(95)48(3)107-80/h20-21,38,40,48,51-57,59-82,86-90,93,95-105H,6-19,22-37,39,41-47H2,1-5H3,(H,83,91)(H,84,92)(H,85,94)/b21-20-,40-38+/t48?,51-,52+,53?,54?,55?,56?,57?,59?,60?,61+,62+,63-,64-,65+,66?,67+,68-,69?,70?,71?,72+,73+,74+,75-,76-,77-,78-,79+,80+,81-,82-/m0/s1. The SMILES string of the molecule is CCCCCCCC/C=C\CCCCCCCCCCCCCC(=O)N[C@@H](CO[C@@H]1OC(CO)[C@@H](O[C@@H]2OC(CO)[C@H](O)[C@H](O[C@@H]3OC(CO)[C@@H](O)[C@H](O[C@@H]4OC(CO)[C@H](O)[C@H](O[C@@H]5OC(CO)[C@@H](O[C@H]6OC(C)[C@@H](O)C(O)[C@@H]6O)[C@H](O)C5NC(C)=O)C4O)C3NC(C)=O)C2O)[C@H](O)C1O)[C@H](O)/C=C/CCCCCCCCCCCCC. The van der Waals surface area contributed by atoms with Gasteiger partial charge in [-0.3, -0.25) is 14.4 Å². The number of hydrogen-bond donors (Lipinski definition) is 20. The van der Waals surface area contributed by atoms with E-state index in [2.05, 4.69) is 41.9 Å². The van der Waals surface area contributed by atoms with Crippen LogP contribution in [-0.4, -0.2) is 340 Å². The molecule has 0 spiro atoms. The Morgan fingerprint density at radius 1 is 0.350 bits per heavy atom. The van der Waals surface area contributed by atoms with E-state index in [0.29, 0.717) is 12.8 Å². The number of carbonyl (C=O) groups excluding carboxylic acids is 3. The highest BCUT2D eigenvalue weighted by Crippen LogP contribution is 2.38. The second-order valence-electron chi connectivity index (χ2n) is 32.4. The Kier molecular flexibility index (Phi) is 48.9. The van der Waals surface area contributed by atoms with Crippen molar-refractivity contribution in [3.8, 4) is 0 Å². The molecule has 20 N–H and O–H groups in total. The average molecular weight is 1690 g/mol. The molecule has 0 aromatic carbocycles. The van der Waals surface area contributed by atoms with Gasteiger partial charge in [0.2, 0.25) is 17.7 Å². The topological polar surface area (TPSA) is 542 Å². The summed E-state index contributed by atoms with van der Waals surface area (Å²) in [6.45, 7) is 2.38. The number of aliphatic hydroxyl groups is 17. The summed E-state index contributed by atoms with van der Waals surface area (Å²) in [4.78, 5) is 39.4. The lowest BCUT2D eigenvalue weighted by Crippen LogP contribution is -2.71. The third-order valence-electron chi connectivity index (χ3n) is 22.8. The van der Waals surface area contributed by atoms with E-state index >= 15 is 0 Å². The summed E-state index contributed by atoms with van der Waals surface area (Å²) in [5, 5.41) is 199. The van der Waals surface area contributed by atoms with Gasteiger partial charge in [0, 0.05) is 20.3 Å². The van der Waals surface area contributed by atoms with Gasteiger partial charge < -0.3 is 160 Å². The summed E-state index contributed by atoms with van der Waals surface area (Å²) >= 11 is 0. The third-order valence-corrected chi connectivity index (χ3v) is 22.8. The highest BCUT2D eigenvalue weighted by Gasteiger charge is 2.59. The zero-order chi connectivity index (χ0) is 85.5. The minimum absolute atomic E-state index is 0.171. The predicted octanol–water partition coefficient (Wildman–Crippen LogP) is 0.720. The number of aliphatic hydroxyl groups excluding tert-OH is 17. The normalized spacial score (nSPS) is 36.2. The van der Waals surface area contributed by atoms with Gasteiger partial charge in [0.15, 0.2) is 37.7 Å². The molecular weight excluding hydrogens is 1540 g/mol. The number of rotatable bonds is 56. The van der Waals surface area contributed by atoms with E-state index in [1.807, 2.05) is 6.08 Å². The van der Waals surface area contributed by atoms with Crippen LogP contribution in [0.2, 0.25) is 0 Å². The van der Waals surface area contributed by atoms with Crippen molar-refractivity contribution in [2.45, 2.75) is 436 Å². The lowest BCUT2D eigenvalue weighted by atomic mass is 9.93. The van der Waals surface area contributed by atoms with Gasteiger partial charge in [0.25, 0.3) is 0 Å². The molecule has 0 aromatic heterocycles. The van der Waals surface area contributed by atoms with Gasteiger partial charge in [0.1, 0.15) is 140 Å². The molecule has 6 heterocycles. The van der Waals surface area contributed by atoms with Gasteiger partial charge in [-0.2, -0.15) is 0 Å². The van der Waals surface area contributed by atoms with Crippen LogP contribution < -0.4 is 16.0 Å². The molecule has 6 rings (SSSR count). The summed E-state index contributed by atoms with van der Waals surface area (Å²) in [5.41, 5.74) is 0. The van der Waals surface area contributed by atoms with Gasteiger partial charge in [0.05, 0.1) is 57.9 Å². The first kappa shape index (κ1) is 103. The molecule has 35 heteroatoms. The Morgan fingerprint density at radius 3 is 1.14 bits per heavy atom.